The summed E-state index contributed by atoms with van der Waals surface area (Å²) in [6.07, 6.45) is 0. The summed E-state index contributed by atoms with van der Waals surface area (Å²) in [6.45, 7) is 0. The van der Waals surface area contributed by atoms with E-state index in [1.165, 1.54) is 0 Å². The fourth-order valence-electron chi connectivity index (χ4n) is 1.37. The molecule has 1 aromatic rings. The fourth-order valence-corrected chi connectivity index (χ4v) is 3.46. The molecule has 1 atom stereocenters. The van der Waals surface area contributed by atoms with Crippen LogP contribution in [0, 0.1) is 0 Å². The normalized spacial score (nSPS) is 19.8. The average molecular weight is 366 g/mol. The number of halogens is 2. The molecule has 0 radical (unpaired) electrons. The number of thioether (sulfide) groups is 1. The SMILES string of the molecule is O=C(Nc1ccc(Br)cc1Br)C1CSCN1. The van der Waals surface area contributed by atoms with Crippen LogP contribution in [0.1, 0.15) is 0 Å². The maximum atomic E-state index is 11.8. The maximum Gasteiger partial charge on any atom is 0.242 e. The molecule has 1 aromatic carbocycles. The van der Waals surface area contributed by atoms with Gasteiger partial charge in [0.15, 0.2) is 0 Å². The Labute approximate surface area is 115 Å². The number of amides is 1. The van der Waals surface area contributed by atoms with Crippen molar-refractivity contribution in [1.29, 1.82) is 0 Å². The lowest BCUT2D eigenvalue weighted by Gasteiger charge is -2.11. The molecule has 1 unspecified atom stereocenters. The summed E-state index contributed by atoms with van der Waals surface area (Å²) in [5, 5.41) is 6.03. The second-order valence-electron chi connectivity index (χ2n) is 3.39. The van der Waals surface area contributed by atoms with Crippen molar-refractivity contribution >= 4 is 55.2 Å². The van der Waals surface area contributed by atoms with Gasteiger partial charge in [-0.25, -0.2) is 0 Å². The monoisotopic (exact) mass is 364 g/mol. The zero-order valence-corrected chi connectivity index (χ0v) is 12.3. The van der Waals surface area contributed by atoms with E-state index in [0.29, 0.717) is 0 Å². The molecule has 86 valence electrons. The minimum Gasteiger partial charge on any atom is -0.324 e. The average Bonchev–Trinajstić information content (AvgIpc) is 2.75. The van der Waals surface area contributed by atoms with Crippen LogP contribution in [0.3, 0.4) is 0 Å². The van der Waals surface area contributed by atoms with Crippen LogP contribution >= 0.6 is 43.6 Å². The zero-order chi connectivity index (χ0) is 11.5. The first-order valence-electron chi connectivity index (χ1n) is 4.74. The van der Waals surface area contributed by atoms with Gasteiger partial charge in [0.2, 0.25) is 5.91 Å². The van der Waals surface area contributed by atoms with Crippen LogP contribution in [0.5, 0.6) is 0 Å². The molecule has 1 heterocycles. The number of hydrogen-bond donors (Lipinski definition) is 2. The predicted molar refractivity (Wildman–Crippen MR) is 74.7 cm³/mol. The fraction of sp³-hybridized carbons (Fsp3) is 0.300. The van der Waals surface area contributed by atoms with Crippen LogP contribution in [0.25, 0.3) is 0 Å². The third kappa shape index (κ3) is 3.00. The Morgan fingerprint density at radius 3 is 2.94 bits per heavy atom. The van der Waals surface area contributed by atoms with Gasteiger partial charge in [0.05, 0.1) is 11.7 Å². The van der Waals surface area contributed by atoms with E-state index < -0.39 is 0 Å². The van der Waals surface area contributed by atoms with Crippen LogP contribution < -0.4 is 10.6 Å². The molecule has 1 fully saturated rings. The lowest BCUT2D eigenvalue weighted by molar-refractivity contribution is -0.117. The van der Waals surface area contributed by atoms with E-state index in [1.807, 2.05) is 18.2 Å². The van der Waals surface area contributed by atoms with Crippen molar-refractivity contribution < 1.29 is 4.79 Å². The molecule has 1 saturated heterocycles. The lowest BCUT2D eigenvalue weighted by Crippen LogP contribution is -2.37. The zero-order valence-electron chi connectivity index (χ0n) is 8.30. The van der Waals surface area contributed by atoms with E-state index in [9.17, 15) is 4.79 Å². The topological polar surface area (TPSA) is 41.1 Å². The predicted octanol–water partition coefficient (Wildman–Crippen LogP) is 2.81. The van der Waals surface area contributed by atoms with Crippen LogP contribution in [0.4, 0.5) is 5.69 Å². The third-order valence-corrected chi connectivity index (χ3v) is 4.31. The third-order valence-electron chi connectivity index (χ3n) is 2.22. The summed E-state index contributed by atoms with van der Waals surface area (Å²) >= 11 is 8.52. The number of carbonyl (C=O) groups is 1. The van der Waals surface area contributed by atoms with Gasteiger partial charge in [-0.05, 0) is 34.1 Å². The molecule has 1 amide bonds. The van der Waals surface area contributed by atoms with Gasteiger partial charge in [-0.3, -0.25) is 10.1 Å². The Balaban J connectivity index is 2.05. The molecule has 0 saturated carbocycles. The van der Waals surface area contributed by atoms with E-state index in [2.05, 4.69) is 42.5 Å². The van der Waals surface area contributed by atoms with Gasteiger partial charge >= 0.3 is 0 Å². The Kier molecular flexibility index (Phi) is 4.29. The minimum absolute atomic E-state index is 0.0213. The molecule has 0 aliphatic carbocycles. The van der Waals surface area contributed by atoms with Crippen LogP contribution in [-0.4, -0.2) is 23.6 Å². The van der Waals surface area contributed by atoms with Gasteiger partial charge < -0.3 is 5.32 Å². The molecule has 6 heteroatoms. The first-order valence-corrected chi connectivity index (χ1v) is 7.48. The molecule has 2 N–H and O–H groups in total. The Bertz CT molecular complexity index is 408. The van der Waals surface area contributed by atoms with E-state index >= 15 is 0 Å². The van der Waals surface area contributed by atoms with Crippen LogP contribution in [0.15, 0.2) is 27.1 Å². The summed E-state index contributed by atoms with van der Waals surface area (Å²) < 4.78 is 1.85. The van der Waals surface area contributed by atoms with Crippen LogP contribution in [-0.2, 0) is 4.79 Å². The summed E-state index contributed by atoms with van der Waals surface area (Å²) in [6, 6.07) is 5.60. The summed E-state index contributed by atoms with van der Waals surface area (Å²) in [5.74, 6) is 1.70. The Hall–Kier alpha value is -0.0400. The molecule has 16 heavy (non-hydrogen) atoms. The second-order valence-corrected chi connectivity index (χ2v) is 6.19. The molecule has 3 nitrogen and oxygen atoms in total. The molecule has 0 aromatic heterocycles. The highest BCUT2D eigenvalue weighted by Gasteiger charge is 2.22. The van der Waals surface area contributed by atoms with Gasteiger partial charge in [0, 0.05) is 20.6 Å². The number of carbonyl (C=O) groups excluding carboxylic acids is 1. The minimum atomic E-state index is -0.0828. The van der Waals surface area contributed by atoms with Gasteiger partial charge in [-0.1, -0.05) is 15.9 Å². The van der Waals surface area contributed by atoms with Crippen molar-refractivity contribution in [2.24, 2.45) is 0 Å². The number of rotatable bonds is 2. The number of anilines is 1. The second kappa shape index (κ2) is 5.53. The highest BCUT2D eigenvalue weighted by atomic mass is 79.9. The molecule has 1 aliphatic heterocycles. The highest BCUT2D eigenvalue weighted by molar-refractivity contribution is 9.11. The summed E-state index contributed by atoms with van der Waals surface area (Å²) in [5.41, 5.74) is 0.798. The van der Waals surface area contributed by atoms with Gasteiger partial charge in [0.1, 0.15) is 0 Å². The van der Waals surface area contributed by atoms with E-state index in [4.69, 9.17) is 0 Å². The first-order chi connectivity index (χ1) is 7.66. The lowest BCUT2D eigenvalue weighted by atomic mass is 10.3. The maximum absolute atomic E-state index is 11.8. The van der Waals surface area contributed by atoms with E-state index in [1.54, 1.807) is 11.8 Å². The summed E-state index contributed by atoms with van der Waals surface area (Å²) in [7, 11) is 0. The van der Waals surface area contributed by atoms with Gasteiger partial charge in [-0.15, -0.1) is 11.8 Å². The Morgan fingerprint density at radius 1 is 1.50 bits per heavy atom. The smallest absolute Gasteiger partial charge is 0.242 e. The van der Waals surface area contributed by atoms with Crippen molar-refractivity contribution in [1.82, 2.24) is 5.32 Å². The molecule has 2 rings (SSSR count). The van der Waals surface area contributed by atoms with E-state index in [-0.39, 0.29) is 11.9 Å². The molecule has 1 aliphatic rings. The molecule has 0 spiro atoms. The van der Waals surface area contributed by atoms with Crippen molar-refractivity contribution in [3.63, 3.8) is 0 Å². The van der Waals surface area contributed by atoms with Crippen LogP contribution in [0.2, 0.25) is 0 Å². The van der Waals surface area contributed by atoms with Crippen molar-refractivity contribution in [2.45, 2.75) is 6.04 Å². The molecular formula is C10H10Br2N2OS. The summed E-state index contributed by atoms with van der Waals surface area (Å²) in [4.78, 5) is 11.8. The number of nitrogens with one attached hydrogen (secondary N) is 2. The molecular weight excluding hydrogens is 356 g/mol. The number of hydrogen-bond acceptors (Lipinski definition) is 3. The quantitative estimate of drug-likeness (QED) is 0.846. The standard InChI is InChI=1S/C10H10Br2N2OS/c11-6-1-2-8(7(12)3-6)14-10(15)9-4-16-5-13-9/h1-3,9,13H,4-5H2,(H,14,15). The van der Waals surface area contributed by atoms with Gasteiger partial charge in [0.25, 0.3) is 0 Å². The van der Waals surface area contributed by atoms with Crippen molar-refractivity contribution in [3.8, 4) is 0 Å². The van der Waals surface area contributed by atoms with E-state index in [0.717, 1.165) is 26.3 Å². The van der Waals surface area contributed by atoms with Crippen molar-refractivity contribution in [2.75, 3.05) is 16.9 Å². The highest BCUT2D eigenvalue weighted by Crippen LogP contribution is 2.26. The largest absolute Gasteiger partial charge is 0.324 e. The number of benzene rings is 1. The first kappa shape index (κ1) is 12.4. The molecule has 0 bridgehead atoms. The van der Waals surface area contributed by atoms with Crippen molar-refractivity contribution in [3.05, 3.63) is 27.1 Å². The van der Waals surface area contributed by atoms with Gasteiger partial charge in [-0.2, -0.15) is 0 Å². The Morgan fingerprint density at radius 2 is 2.31 bits per heavy atom.